The number of H-pyrrole nitrogens is 1. The van der Waals surface area contributed by atoms with E-state index in [1.165, 1.54) is 0 Å². The van der Waals surface area contributed by atoms with Gasteiger partial charge in [-0.3, -0.25) is 19.8 Å². The molecular weight excluding hydrogens is 338 g/mol. The van der Waals surface area contributed by atoms with E-state index in [9.17, 15) is 4.79 Å². The number of hydrogen-bond donors (Lipinski definition) is 2. The maximum absolute atomic E-state index is 13.1. The van der Waals surface area contributed by atoms with Crippen molar-refractivity contribution in [3.05, 3.63) is 71.2 Å². The molecule has 138 valence electrons. The molecule has 1 aliphatic rings. The van der Waals surface area contributed by atoms with Crippen LogP contribution >= 0.6 is 0 Å². The van der Waals surface area contributed by atoms with Gasteiger partial charge >= 0.3 is 0 Å². The van der Waals surface area contributed by atoms with Gasteiger partial charge in [0.25, 0.3) is 5.91 Å². The number of nitrogens with zero attached hydrogens (tertiary/aromatic N) is 3. The molecule has 1 aromatic carbocycles. The van der Waals surface area contributed by atoms with Crippen LogP contribution in [0.3, 0.4) is 0 Å². The Morgan fingerprint density at radius 3 is 2.67 bits per heavy atom. The molecule has 0 atom stereocenters. The molecule has 0 radical (unpaired) electrons. The summed E-state index contributed by atoms with van der Waals surface area (Å²) in [5.41, 5.74) is 4.68. The Labute approximate surface area is 158 Å². The van der Waals surface area contributed by atoms with Crippen molar-refractivity contribution in [2.24, 2.45) is 0 Å². The summed E-state index contributed by atoms with van der Waals surface area (Å²) in [5, 5.41) is 10.8. The minimum atomic E-state index is -0.0435. The fourth-order valence-corrected chi connectivity index (χ4v) is 3.23. The zero-order valence-corrected chi connectivity index (χ0v) is 15.8. The summed E-state index contributed by atoms with van der Waals surface area (Å²) >= 11 is 0. The molecule has 3 heterocycles. The molecule has 0 aliphatic carbocycles. The molecule has 2 N–H and O–H groups in total. The second kappa shape index (κ2) is 6.54. The number of aromatic amines is 1. The molecule has 0 unspecified atom stereocenters. The number of hydrogen-bond acceptors (Lipinski definition) is 4. The molecule has 0 fully saturated rings. The van der Waals surface area contributed by atoms with E-state index in [-0.39, 0.29) is 11.3 Å². The Hall–Kier alpha value is -3.15. The quantitative estimate of drug-likeness (QED) is 0.740. The lowest BCUT2D eigenvalue weighted by molar-refractivity contribution is 0.0996. The first kappa shape index (κ1) is 17.3. The molecule has 0 bridgehead atoms. The predicted octanol–water partition coefficient (Wildman–Crippen LogP) is 3.87. The van der Waals surface area contributed by atoms with Crippen LogP contribution in [0.4, 0.5) is 11.5 Å². The van der Waals surface area contributed by atoms with Gasteiger partial charge in [0.05, 0.1) is 12.1 Å². The summed E-state index contributed by atoms with van der Waals surface area (Å²) in [6.07, 6.45) is 3.54. The van der Waals surface area contributed by atoms with Crippen molar-refractivity contribution in [2.75, 3.05) is 10.2 Å². The molecule has 1 amide bonds. The number of rotatable bonds is 4. The highest BCUT2D eigenvalue weighted by Gasteiger charge is 2.33. The molecule has 4 rings (SSSR count). The first-order valence-corrected chi connectivity index (χ1v) is 9.06. The SMILES string of the molecule is CC(C)(C)c1cc(N2Cc3cccc(NCc4ccncc4)c3C2=O)n[nH]1. The average Bonchev–Trinajstić information content (AvgIpc) is 3.26. The summed E-state index contributed by atoms with van der Waals surface area (Å²) in [6.45, 7) is 7.53. The molecule has 1 aliphatic heterocycles. The smallest absolute Gasteiger partial charge is 0.262 e. The predicted molar refractivity (Wildman–Crippen MR) is 106 cm³/mol. The number of benzene rings is 1. The normalized spacial score (nSPS) is 13.7. The number of nitrogens with one attached hydrogen (secondary N) is 2. The maximum atomic E-state index is 13.1. The number of anilines is 2. The average molecular weight is 361 g/mol. The number of pyridine rings is 1. The van der Waals surface area contributed by atoms with E-state index in [1.54, 1.807) is 17.3 Å². The van der Waals surface area contributed by atoms with Crippen molar-refractivity contribution in [2.45, 2.75) is 39.3 Å². The Kier molecular flexibility index (Phi) is 4.18. The van der Waals surface area contributed by atoms with Crippen molar-refractivity contribution in [3.8, 4) is 0 Å². The van der Waals surface area contributed by atoms with Gasteiger partial charge in [0.1, 0.15) is 0 Å². The van der Waals surface area contributed by atoms with E-state index in [1.807, 2.05) is 36.4 Å². The molecule has 27 heavy (non-hydrogen) atoms. The minimum absolute atomic E-state index is 0.0187. The lowest BCUT2D eigenvalue weighted by Crippen LogP contribution is -2.24. The zero-order valence-electron chi connectivity index (χ0n) is 15.8. The standard InChI is InChI=1S/C21H23N5O/c1-21(2,3)17-11-18(25-24-17)26-13-15-5-4-6-16(19(15)20(26)27)23-12-14-7-9-22-10-8-14/h4-11,23H,12-13H2,1-3H3,(H,24,25). The van der Waals surface area contributed by atoms with Gasteiger partial charge in [0, 0.05) is 41.8 Å². The fraction of sp³-hybridized carbons (Fsp3) is 0.286. The third kappa shape index (κ3) is 3.30. The second-order valence-electron chi connectivity index (χ2n) is 7.83. The van der Waals surface area contributed by atoms with Gasteiger partial charge in [-0.25, -0.2) is 0 Å². The van der Waals surface area contributed by atoms with Crippen molar-refractivity contribution in [1.82, 2.24) is 15.2 Å². The van der Waals surface area contributed by atoms with Crippen molar-refractivity contribution in [3.63, 3.8) is 0 Å². The summed E-state index contributed by atoms with van der Waals surface area (Å²) in [4.78, 5) is 18.9. The van der Waals surface area contributed by atoms with Crippen molar-refractivity contribution >= 4 is 17.4 Å². The molecule has 0 spiro atoms. The van der Waals surface area contributed by atoms with Crippen LogP contribution in [-0.2, 0) is 18.5 Å². The molecule has 6 nitrogen and oxygen atoms in total. The highest BCUT2D eigenvalue weighted by atomic mass is 16.2. The maximum Gasteiger partial charge on any atom is 0.262 e. The first-order chi connectivity index (χ1) is 12.9. The van der Waals surface area contributed by atoms with E-state index in [0.29, 0.717) is 18.9 Å². The first-order valence-electron chi connectivity index (χ1n) is 9.06. The van der Waals surface area contributed by atoms with Crippen LogP contribution in [0.15, 0.2) is 48.8 Å². The van der Waals surface area contributed by atoms with E-state index >= 15 is 0 Å². The van der Waals surface area contributed by atoms with Crippen LogP contribution in [0, 0.1) is 0 Å². The van der Waals surface area contributed by atoms with E-state index in [4.69, 9.17) is 0 Å². The fourth-order valence-electron chi connectivity index (χ4n) is 3.23. The van der Waals surface area contributed by atoms with Crippen LogP contribution in [0.5, 0.6) is 0 Å². The van der Waals surface area contributed by atoms with Gasteiger partial charge < -0.3 is 5.32 Å². The zero-order chi connectivity index (χ0) is 19.0. The Balaban J connectivity index is 1.58. The summed E-state index contributed by atoms with van der Waals surface area (Å²) in [7, 11) is 0. The lowest BCUT2D eigenvalue weighted by Gasteiger charge is -2.15. The largest absolute Gasteiger partial charge is 0.380 e. The third-order valence-corrected chi connectivity index (χ3v) is 4.82. The van der Waals surface area contributed by atoms with Crippen LogP contribution in [-0.4, -0.2) is 21.1 Å². The number of carbonyl (C=O) groups excluding carboxylic acids is 1. The molecule has 2 aromatic heterocycles. The third-order valence-electron chi connectivity index (χ3n) is 4.82. The summed E-state index contributed by atoms with van der Waals surface area (Å²) in [6, 6.07) is 11.8. The Morgan fingerprint density at radius 1 is 1.19 bits per heavy atom. The highest BCUT2D eigenvalue weighted by Crippen LogP contribution is 2.33. The Bertz CT molecular complexity index is 972. The molecular formula is C21H23N5O. The van der Waals surface area contributed by atoms with Gasteiger partial charge in [-0.2, -0.15) is 5.10 Å². The number of fused-ring (bicyclic) bond motifs is 1. The molecule has 0 saturated heterocycles. The number of carbonyl (C=O) groups is 1. The van der Waals surface area contributed by atoms with E-state index in [2.05, 4.69) is 41.3 Å². The van der Waals surface area contributed by atoms with Gasteiger partial charge in [0.15, 0.2) is 5.82 Å². The topological polar surface area (TPSA) is 73.9 Å². The van der Waals surface area contributed by atoms with E-state index in [0.717, 1.165) is 28.1 Å². The number of amides is 1. The van der Waals surface area contributed by atoms with Gasteiger partial charge in [-0.15, -0.1) is 0 Å². The van der Waals surface area contributed by atoms with Crippen LogP contribution in [0.1, 0.15) is 48.0 Å². The van der Waals surface area contributed by atoms with Gasteiger partial charge in [-0.05, 0) is 29.3 Å². The molecule has 6 heteroatoms. The summed E-state index contributed by atoms with van der Waals surface area (Å²) in [5.74, 6) is 0.649. The van der Waals surface area contributed by atoms with Crippen LogP contribution in [0.2, 0.25) is 0 Å². The van der Waals surface area contributed by atoms with Gasteiger partial charge in [-0.1, -0.05) is 32.9 Å². The van der Waals surface area contributed by atoms with Gasteiger partial charge in [0.2, 0.25) is 0 Å². The molecule has 0 saturated carbocycles. The monoisotopic (exact) mass is 361 g/mol. The summed E-state index contributed by atoms with van der Waals surface area (Å²) < 4.78 is 0. The lowest BCUT2D eigenvalue weighted by atomic mass is 9.92. The Morgan fingerprint density at radius 2 is 1.96 bits per heavy atom. The molecule has 3 aromatic rings. The second-order valence-corrected chi connectivity index (χ2v) is 7.83. The van der Waals surface area contributed by atoms with Crippen LogP contribution in [0.25, 0.3) is 0 Å². The number of aromatic nitrogens is 3. The minimum Gasteiger partial charge on any atom is -0.380 e. The highest BCUT2D eigenvalue weighted by molar-refractivity contribution is 6.13. The van der Waals surface area contributed by atoms with Crippen LogP contribution < -0.4 is 10.2 Å². The van der Waals surface area contributed by atoms with Crippen molar-refractivity contribution in [1.29, 1.82) is 0 Å². The van der Waals surface area contributed by atoms with Crippen molar-refractivity contribution < 1.29 is 4.79 Å². The van der Waals surface area contributed by atoms with E-state index < -0.39 is 0 Å².